The summed E-state index contributed by atoms with van der Waals surface area (Å²) in [4.78, 5) is 41.5. The van der Waals surface area contributed by atoms with Crippen LogP contribution >= 0.6 is 11.3 Å². The summed E-state index contributed by atoms with van der Waals surface area (Å²) in [5, 5.41) is 5.97. The lowest BCUT2D eigenvalue weighted by Gasteiger charge is -2.38. The molecular formula is C22H25N3O4S. The molecule has 1 atom stereocenters. The Hall–Kier alpha value is -2.87. The number of rotatable bonds is 3. The van der Waals surface area contributed by atoms with Gasteiger partial charge in [-0.05, 0) is 62.8 Å². The number of fused-ring (bicyclic) bond motifs is 2. The first-order valence-electron chi connectivity index (χ1n) is 10.0. The molecule has 1 aliphatic carbocycles. The van der Waals surface area contributed by atoms with E-state index in [1.165, 1.54) is 23.2 Å². The second-order valence-corrected chi connectivity index (χ2v) is 9.02. The van der Waals surface area contributed by atoms with Gasteiger partial charge in [-0.25, -0.2) is 0 Å². The van der Waals surface area contributed by atoms with E-state index in [1.807, 2.05) is 19.1 Å². The van der Waals surface area contributed by atoms with Crippen LogP contribution in [0.4, 0.5) is 10.7 Å². The lowest BCUT2D eigenvalue weighted by Crippen LogP contribution is -2.59. The van der Waals surface area contributed by atoms with Crippen molar-refractivity contribution in [1.82, 2.24) is 5.32 Å². The topological polar surface area (TPSA) is 87.7 Å². The molecule has 2 heterocycles. The molecule has 1 aromatic heterocycles. The fraction of sp³-hybridized carbons (Fsp3) is 0.409. The third kappa shape index (κ3) is 3.15. The summed E-state index contributed by atoms with van der Waals surface area (Å²) < 4.78 is 5.92. The summed E-state index contributed by atoms with van der Waals surface area (Å²) >= 11 is 1.41. The fourth-order valence-electron chi connectivity index (χ4n) is 4.05. The van der Waals surface area contributed by atoms with Gasteiger partial charge in [-0.15, -0.1) is 11.3 Å². The molecule has 158 valence electrons. The van der Waals surface area contributed by atoms with Crippen LogP contribution in [0.15, 0.2) is 18.2 Å². The largest absolute Gasteiger partial charge is 0.465 e. The van der Waals surface area contributed by atoms with Gasteiger partial charge >= 0.3 is 0 Å². The predicted octanol–water partition coefficient (Wildman–Crippen LogP) is 3.05. The van der Waals surface area contributed by atoms with Crippen LogP contribution in [-0.2, 0) is 22.4 Å². The van der Waals surface area contributed by atoms with Gasteiger partial charge in [0.25, 0.3) is 23.3 Å². The highest BCUT2D eigenvalue weighted by Crippen LogP contribution is 2.41. The third-order valence-corrected chi connectivity index (χ3v) is 7.00. The zero-order valence-electron chi connectivity index (χ0n) is 17.5. The average molecular weight is 428 g/mol. The van der Waals surface area contributed by atoms with Crippen molar-refractivity contribution in [1.29, 1.82) is 0 Å². The molecule has 2 aromatic rings. The summed E-state index contributed by atoms with van der Waals surface area (Å²) in [5.41, 5.74) is 1.38. The van der Waals surface area contributed by atoms with Crippen LogP contribution in [0.2, 0.25) is 0 Å². The van der Waals surface area contributed by atoms with E-state index < -0.39 is 17.4 Å². The maximum atomic E-state index is 13.3. The van der Waals surface area contributed by atoms with E-state index in [2.05, 4.69) is 10.6 Å². The van der Waals surface area contributed by atoms with Crippen LogP contribution in [0, 0.1) is 6.92 Å². The van der Waals surface area contributed by atoms with Crippen LogP contribution in [0.5, 0.6) is 5.75 Å². The quantitative estimate of drug-likeness (QED) is 0.737. The molecule has 0 saturated carbocycles. The molecule has 1 aliphatic heterocycles. The Labute approximate surface area is 179 Å². The van der Waals surface area contributed by atoms with E-state index in [4.69, 9.17) is 4.74 Å². The van der Waals surface area contributed by atoms with Crippen molar-refractivity contribution in [2.75, 3.05) is 24.3 Å². The van der Waals surface area contributed by atoms with Gasteiger partial charge in [0.2, 0.25) is 0 Å². The Morgan fingerprint density at radius 1 is 1.23 bits per heavy atom. The van der Waals surface area contributed by atoms with Crippen molar-refractivity contribution < 1.29 is 19.1 Å². The van der Waals surface area contributed by atoms with Gasteiger partial charge in [0.05, 0.1) is 11.3 Å². The summed E-state index contributed by atoms with van der Waals surface area (Å²) in [6.07, 6.45) is 3.78. The highest BCUT2D eigenvalue weighted by molar-refractivity contribution is 7.17. The zero-order chi connectivity index (χ0) is 21.6. The summed E-state index contributed by atoms with van der Waals surface area (Å²) in [7, 11) is 3.21. The number of amides is 3. The minimum atomic E-state index is -1.73. The van der Waals surface area contributed by atoms with Crippen LogP contribution in [0.3, 0.4) is 0 Å². The van der Waals surface area contributed by atoms with Crippen molar-refractivity contribution in [3.05, 3.63) is 39.8 Å². The Balaban J connectivity index is 1.69. The minimum absolute atomic E-state index is 0.233. The number of anilines is 2. The van der Waals surface area contributed by atoms with Crippen molar-refractivity contribution in [2.45, 2.75) is 45.1 Å². The Kier molecular flexibility index (Phi) is 5.05. The molecule has 0 spiro atoms. The van der Waals surface area contributed by atoms with Gasteiger partial charge in [-0.2, -0.15) is 0 Å². The van der Waals surface area contributed by atoms with Gasteiger partial charge in [-0.3, -0.25) is 14.4 Å². The Bertz CT molecular complexity index is 1060. The maximum absolute atomic E-state index is 13.3. The summed E-state index contributed by atoms with van der Waals surface area (Å²) in [6.45, 7) is 3.40. The molecule has 1 aromatic carbocycles. The SMILES string of the molecule is CNC(=O)c1c(NC(=O)C2(C)Oc3ccc(C)cc3N(C)C2=O)sc2c1CCCC2. The molecule has 7 nitrogen and oxygen atoms in total. The number of benzene rings is 1. The predicted molar refractivity (Wildman–Crippen MR) is 117 cm³/mol. The lowest BCUT2D eigenvalue weighted by atomic mass is 9.95. The van der Waals surface area contributed by atoms with E-state index in [1.54, 1.807) is 20.2 Å². The number of likely N-dealkylation sites (N-methyl/N-ethyl adjacent to an activating group) is 1. The number of aryl methyl sites for hydroxylation is 2. The van der Waals surface area contributed by atoms with Crippen LogP contribution in [-0.4, -0.2) is 37.4 Å². The first-order chi connectivity index (χ1) is 14.3. The van der Waals surface area contributed by atoms with Crippen molar-refractivity contribution in [3.8, 4) is 5.75 Å². The van der Waals surface area contributed by atoms with Gasteiger partial charge in [0, 0.05) is 19.0 Å². The van der Waals surface area contributed by atoms with Crippen molar-refractivity contribution in [3.63, 3.8) is 0 Å². The number of carbonyl (C=O) groups excluding carboxylic acids is 3. The van der Waals surface area contributed by atoms with Crippen molar-refractivity contribution >= 4 is 39.7 Å². The molecule has 3 amide bonds. The summed E-state index contributed by atoms with van der Waals surface area (Å²) in [5.74, 6) is -0.809. The number of thiophene rings is 1. The second kappa shape index (κ2) is 7.43. The normalized spacial score (nSPS) is 20.1. The summed E-state index contributed by atoms with van der Waals surface area (Å²) in [6, 6.07) is 5.48. The molecule has 30 heavy (non-hydrogen) atoms. The monoisotopic (exact) mass is 427 g/mol. The number of hydrogen-bond donors (Lipinski definition) is 2. The number of carbonyl (C=O) groups is 3. The second-order valence-electron chi connectivity index (χ2n) is 7.92. The number of ether oxygens (including phenoxy) is 1. The third-order valence-electron chi connectivity index (χ3n) is 5.79. The first-order valence-corrected chi connectivity index (χ1v) is 10.8. The van der Waals surface area contributed by atoms with Crippen LogP contribution < -0.4 is 20.3 Å². The average Bonchev–Trinajstić information content (AvgIpc) is 3.10. The van der Waals surface area contributed by atoms with E-state index in [-0.39, 0.29) is 5.91 Å². The Morgan fingerprint density at radius 3 is 2.70 bits per heavy atom. The zero-order valence-corrected chi connectivity index (χ0v) is 18.4. The molecule has 0 bridgehead atoms. The van der Waals surface area contributed by atoms with E-state index in [0.29, 0.717) is 22.0 Å². The molecule has 1 unspecified atom stereocenters. The standard InChI is InChI=1S/C22H25N3O4S/c1-12-9-10-15-14(11-12)25(4)21(28)22(2,29-15)20(27)24-19-17(18(26)23-3)13-7-5-6-8-16(13)30-19/h9-11H,5-8H2,1-4H3,(H,23,26)(H,24,27). The number of nitrogens with zero attached hydrogens (tertiary/aromatic N) is 1. The van der Waals surface area contributed by atoms with E-state index in [0.717, 1.165) is 41.7 Å². The highest BCUT2D eigenvalue weighted by Gasteiger charge is 2.50. The molecular weight excluding hydrogens is 402 g/mol. The van der Waals surface area contributed by atoms with Gasteiger partial charge in [0.1, 0.15) is 10.8 Å². The lowest BCUT2D eigenvalue weighted by molar-refractivity contribution is -0.144. The smallest absolute Gasteiger partial charge is 0.280 e. The Morgan fingerprint density at radius 2 is 1.97 bits per heavy atom. The highest BCUT2D eigenvalue weighted by atomic mass is 32.1. The molecule has 0 fully saturated rings. The van der Waals surface area contributed by atoms with E-state index >= 15 is 0 Å². The van der Waals surface area contributed by atoms with Crippen molar-refractivity contribution in [2.24, 2.45) is 0 Å². The first kappa shape index (κ1) is 20.4. The molecule has 4 rings (SSSR count). The minimum Gasteiger partial charge on any atom is -0.465 e. The number of nitrogens with one attached hydrogen (secondary N) is 2. The number of hydrogen-bond acceptors (Lipinski definition) is 5. The maximum Gasteiger partial charge on any atom is 0.280 e. The van der Waals surface area contributed by atoms with Gasteiger partial charge < -0.3 is 20.3 Å². The molecule has 2 N–H and O–H groups in total. The van der Waals surface area contributed by atoms with Crippen LogP contribution in [0.1, 0.15) is 46.1 Å². The van der Waals surface area contributed by atoms with Crippen LogP contribution in [0.25, 0.3) is 0 Å². The van der Waals surface area contributed by atoms with Gasteiger partial charge in [-0.1, -0.05) is 6.07 Å². The molecule has 2 aliphatic rings. The van der Waals surface area contributed by atoms with E-state index in [9.17, 15) is 14.4 Å². The molecule has 8 heteroatoms. The van der Waals surface area contributed by atoms with Gasteiger partial charge in [0.15, 0.2) is 0 Å². The molecule has 0 radical (unpaired) electrons. The molecule has 0 saturated heterocycles. The fourth-order valence-corrected chi connectivity index (χ4v) is 5.34.